The van der Waals surface area contributed by atoms with Crippen LogP contribution in [0, 0.1) is 6.92 Å². The van der Waals surface area contributed by atoms with Crippen molar-refractivity contribution in [2.75, 3.05) is 6.54 Å². The van der Waals surface area contributed by atoms with Crippen molar-refractivity contribution >= 4 is 27.8 Å². The number of pyridine rings is 1. The van der Waals surface area contributed by atoms with Gasteiger partial charge < -0.3 is 14.9 Å². The van der Waals surface area contributed by atoms with Gasteiger partial charge in [0.1, 0.15) is 0 Å². The van der Waals surface area contributed by atoms with Crippen molar-refractivity contribution in [3.05, 3.63) is 76.3 Å². The number of benzene rings is 2. The number of hydrogen-bond donors (Lipinski definition) is 2. The molecular weight excluding hydrogens is 328 g/mol. The van der Waals surface area contributed by atoms with E-state index in [2.05, 4.69) is 15.3 Å². The van der Waals surface area contributed by atoms with Crippen LogP contribution in [0.3, 0.4) is 0 Å². The molecule has 0 atom stereocenters. The van der Waals surface area contributed by atoms with Crippen LogP contribution in [0.1, 0.15) is 15.9 Å². The van der Waals surface area contributed by atoms with Crippen LogP contribution in [0.25, 0.3) is 21.9 Å². The molecule has 2 aromatic carbocycles. The summed E-state index contributed by atoms with van der Waals surface area (Å²) in [5.74, 6) is -0.175. The zero-order valence-corrected chi connectivity index (χ0v) is 14.3. The number of aromatic nitrogens is 3. The number of amides is 1. The van der Waals surface area contributed by atoms with Crippen LogP contribution >= 0.6 is 0 Å². The van der Waals surface area contributed by atoms with Crippen LogP contribution in [-0.4, -0.2) is 27.0 Å². The second-order valence-electron chi connectivity index (χ2n) is 6.23. The molecule has 0 saturated carbocycles. The first-order chi connectivity index (χ1) is 12.6. The molecule has 0 unspecified atom stereocenters. The number of nitrogens with zero attached hydrogens (tertiary/aromatic N) is 2. The highest BCUT2D eigenvalue weighted by molar-refractivity contribution is 5.97. The Morgan fingerprint density at radius 1 is 1.19 bits per heavy atom. The monoisotopic (exact) mass is 346 g/mol. The zero-order valence-electron chi connectivity index (χ0n) is 14.3. The third kappa shape index (κ3) is 2.86. The number of carbonyl (C=O) groups is 1. The summed E-state index contributed by atoms with van der Waals surface area (Å²) in [5.41, 5.74) is 3.73. The minimum Gasteiger partial charge on any atom is -0.350 e. The van der Waals surface area contributed by atoms with Crippen LogP contribution < -0.4 is 10.9 Å². The van der Waals surface area contributed by atoms with E-state index in [4.69, 9.17) is 0 Å². The molecule has 0 spiro atoms. The molecule has 0 aliphatic heterocycles. The van der Waals surface area contributed by atoms with Crippen molar-refractivity contribution in [2.24, 2.45) is 0 Å². The highest BCUT2D eigenvalue weighted by Gasteiger charge is 2.09. The maximum Gasteiger partial charge on any atom is 0.254 e. The van der Waals surface area contributed by atoms with Crippen molar-refractivity contribution < 1.29 is 4.79 Å². The Morgan fingerprint density at radius 2 is 2.04 bits per heavy atom. The number of carbonyl (C=O) groups excluding carboxylic acids is 1. The molecule has 0 radical (unpaired) electrons. The molecule has 1 amide bonds. The van der Waals surface area contributed by atoms with Gasteiger partial charge in [-0.1, -0.05) is 18.2 Å². The molecule has 6 nitrogen and oxygen atoms in total. The molecular formula is C20H18N4O2. The topological polar surface area (TPSA) is 79.8 Å². The van der Waals surface area contributed by atoms with E-state index < -0.39 is 0 Å². The van der Waals surface area contributed by atoms with Crippen molar-refractivity contribution in [2.45, 2.75) is 13.5 Å². The first-order valence-electron chi connectivity index (χ1n) is 8.44. The smallest absolute Gasteiger partial charge is 0.254 e. The Labute approximate surface area is 149 Å². The summed E-state index contributed by atoms with van der Waals surface area (Å²) in [5, 5.41) is 3.90. The fourth-order valence-corrected chi connectivity index (χ4v) is 3.15. The van der Waals surface area contributed by atoms with E-state index in [1.54, 1.807) is 29.1 Å². The molecule has 0 bridgehead atoms. The van der Waals surface area contributed by atoms with Gasteiger partial charge in [-0.3, -0.25) is 9.59 Å². The minimum absolute atomic E-state index is 0.0307. The number of imidazole rings is 1. The fourth-order valence-electron chi connectivity index (χ4n) is 3.15. The number of para-hydroxylation sites is 1. The molecule has 0 saturated heterocycles. The summed E-state index contributed by atoms with van der Waals surface area (Å²) in [6, 6.07) is 15.0. The van der Waals surface area contributed by atoms with Gasteiger partial charge in [-0.2, -0.15) is 0 Å². The number of hydrogen-bond acceptors (Lipinski definition) is 3. The van der Waals surface area contributed by atoms with E-state index in [1.807, 2.05) is 37.3 Å². The van der Waals surface area contributed by atoms with Gasteiger partial charge in [0.15, 0.2) is 0 Å². The number of rotatable bonds is 4. The largest absolute Gasteiger partial charge is 0.350 e. The summed E-state index contributed by atoms with van der Waals surface area (Å²) >= 11 is 0. The molecule has 2 N–H and O–H groups in total. The second-order valence-corrected chi connectivity index (χ2v) is 6.23. The van der Waals surface area contributed by atoms with Crippen molar-refractivity contribution in [1.82, 2.24) is 19.9 Å². The Hall–Kier alpha value is -3.41. The Bertz CT molecular complexity index is 1170. The molecule has 0 aliphatic carbocycles. The van der Waals surface area contributed by atoms with Crippen LogP contribution in [0.4, 0.5) is 0 Å². The van der Waals surface area contributed by atoms with E-state index in [0.29, 0.717) is 24.2 Å². The van der Waals surface area contributed by atoms with E-state index in [1.165, 1.54) is 0 Å². The normalized spacial score (nSPS) is 11.1. The van der Waals surface area contributed by atoms with Crippen LogP contribution in [-0.2, 0) is 6.54 Å². The number of aryl methyl sites for hydroxylation is 1. The molecule has 0 fully saturated rings. The second kappa shape index (κ2) is 6.48. The Balaban J connectivity index is 1.52. The fraction of sp³-hybridized carbons (Fsp3) is 0.150. The van der Waals surface area contributed by atoms with Crippen LogP contribution in [0.2, 0.25) is 0 Å². The molecule has 2 aromatic heterocycles. The lowest BCUT2D eigenvalue weighted by molar-refractivity contribution is 0.0952. The molecule has 26 heavy (non-hydrogen) atoms. The summed E-state index contributed by atoms with van der Waals surface area (Å²) < 4.78 is 1.71. The first-order valence-corrected chi connectivity index (χ1v) is 8.44. The third-order valence-corrected chi connectivity index (χ3v) is 4.49. The van der Waals surface area contributed by atoms with Gasteiger partial charge in [0, 0.05) is 24.2 Å². The van der Waals surface area contributed by atoms with E-state index in [9.17, 15) is 9.59 Å². The lowest BCUT2D eigenvalue weighted by Gasteiger charge is -2.12. The van der Waals surface area contributed by atoms with Crippen molar-refractivity contribution in [1.29, 1.82) is 0 Å². The summed E-state index contributed by atoms with van der Waals surface area (Å²) in [6.07, 6.45) is 1.60. The third-order valence-electron chi connectivity index (χ3n) is 4.49. The average molecular weight is 346 g/mol. The number of aromatic amines is 1. The highest BCUT2D eigenvalue weighted by atomic mass is 16.1. The highest BCUT2D eigenvalue weighted by Crippen LogP contribution is 2.13. The van der Waals surface area contributed by atoms with Crippen LogP contribution in [0.5, 0.6) is 0 Å². The molecule has 4 aromatic rings. The first kappa shape index (κ1) is 16.1. The zero-order chi connectivity index (χ0) is 18.1. The summed E-state index contributed by atoms with van der Waals surface area (Å²) in [4.78, 5) is 32.0. The van der Waals surface area contributed by atoms with Gasteiger partial charge in [-0.25, -0.2) is 4.98 Å². The maximum absolute atomic E-state index is 12.5. The maximum atomic E-state index is 12.5. The quantitative estimate of drug-likeness (QED) is 0.596. The predicted molar refractivity (Wildman–Crippen MR) is 101 cm³/mol. The average Bonchev–Trinajstić information content (AvgIpc) is 3.12. The minimum atomic E-state index is -0.175. The molecule has 0 aliphatic rings. The summed E-state index contributed by atoms with van der Waals surface area (Å²) in [7, 11) is 0. The van der Waals surface area contributed by atoms with Crippen molar-refractivity contribution in [3.63, 3.8) is 0 Å². The molecule has 2 heterocycles. The van der Waals surface area contributed by atoms with E-state index in [0.717, 1.165) is 21.9 Å². The summed E-state index contributed by atoms with van der Waals surface area (Å²) in [6.45, 7) is 2.59. The van der Waals surface area contributed by atoms with E-state index >= 15 is 0 Å². The number of fused-ring (bicyclic) bond motifs is 2. The van der Waals surface area contributed by atoms with E-state index in [-0.39, 0.29) is 11.5 Å². The predicted octanol–water partition coefficient (Wildman–Crippen LogP) is 2.62. The van der Waals surface area contributed by atoms with Gasteiger partial charge in [0.25, 0.3) is 11.5 Å². The van der Waals surface area contributed by atoms with Gasteiger partial charge in [-0.05, 0) is 42.6 Å². The number of nitrogens with one attached hydrogen (secondary N) is 2. The van der Waals surface area contributed by atoms with Crippen molar-refractivity contribution in [3.8, 4) is 0 Å². The molecule has 6 heteroatoms. The Kier molecular flexibility index (Phi) is 4.01. The lowest BCUT2D eigenvalue weighted by Crippen LogP contribution is -2.31. The number of H-pyrrole nitrogens is 1. The lowest BCUT2D eigenvalue weighted by atomic mass is 10.1. The molecule has 4 rings (SSSR count). The Morgan fingerprint density at radius 3 is 2.92 bits per heavy atom. The molecule has 130 valence electrons. The van der Waals surface area contributed by atoms with Gasteiger partial charge in [0.2, 0.25) is 0 Å². The van der Waals surface area contributed by atoms with Gasteiger partial charge >= 0.3 is 0 Å². The SMILES string of the molecule is Cc1cc2ccccc2n(CCNC(=O)c2ccc3nc[nH]c3c2)c1=O. The van der Waals surface area contributed by atoms with Gasteiger partial charge in [0.05, 0.1) is 22.9 Å². The standard InChI is InChI=1S/C20H18N4O2/c1-13-10-14-4-2-3-5-18(14)24(20(13)26)9-8-21-19(25)15-6-7-16-17(11-15)23-12-22-16/h2-7,10-12H,8-9H2,1H3,(H,21,25)(H,22,23). The van der Waals surface area contributed by atoms with Gasteiger partial charge in [-0.15, -0.1) is 0 Å². The van der Waals surface area contributed by atoms with Crippen LogP contribution in [0.15, 0.2) is 59.7 Å².